The first-order valence-corrected chi connectivity index (χ1v) is 8.41. The molecule has 126 valence electrons. The van der Waals surface area contributed by atoms with Crippen molar-refractivity contribution >= 4 is 39.9 Å². The average molecular weight is 357 g/mol. The summed E-state index contributed by atoms with van der Waals surface area (Å²) in [6, 6.07) is 2.26. The van der Waals surface area contributed by atoms with Gasteiger partial charge in [-0.25, -0.2) is 4.98 Å². The molecule has 2 unspecified atom stereocenters. The first-order chi connectivity index (χ1) is 10.6. The Kier molecular flexibility index (Phi) is 5.78. The van der Waals surface area contributed by atoms with Gasteiger partial charge in [0.25, 0.3) is 5.56 Å². The van der Waals surface area contributed by atoms with Crippen molar-refractivity contribution in [3.05, 3.63) is 28.1 Å². The Labute approximate surface area is 144 Å². The van der Waals surface area contributed by atoms with Crippen molar-refractivity contribution in [1.29, 1.82) is 0 Å². The molecule has 1 saturated heterocycles. The molecule has 1 amide bonds. The van der Waals surface area contributed by atoms with Gasteiger partial charge in [-0.05, 0) is 25.3 Å². The van der Waals surface area contributed by atoms with Crippen molar-refractivity contribution in [2.24, 2.45) is 0 Å². The standard InChI is InChI=1S/C15H20N4O2S.ClH/c1-10-11(2)19(7-5-16-10)13(20)3-6-18-9-17-14-12(15(18)21)4-8-22-14;/h4,8-11,16H,3,5-7H2,1-2H3;1H. The molecule has 1 aliphatic rings. The van der Waals surface area contributed by atoms with Gasteiger partial charge in [0, 0.05) is 38.1 Å². The van der Waals surface area contributed by atoms with Crippen molar-refractivity contribution in [2.75, 3.05) is 13.1 Å². The summed E-state index contributed by atoms with van der Waals surface area (Å²) in [5.74, 6) is 0.0955. The molecule has 2 atom stereocenters. The van der Waals surface area contributed by atoms with E-state index in [2.05, 4.69) is 24.1 Å². The minimum absolute atomic E-state index is 0. The minimum atomic E-state index is -0.0687. The molecule has 8 heteroatoms. The van der Waals surface area contributed by atoms with E-state index in [9.17, 15) is 9.59 Å². The van der Waals surface area contributed by atoms with Gasteiger partial charge in [0.05, 0.1) is 11.7 Å². The number of amides is 1. The van der Waals surface area contributed by atoms with E-state index < -0.39 is 0 Å². The van der Waals surface area contributed by atoms with Crippen LogP contribution in [0.2, 0.25) is 0 Å². The zero-order valence-electron chi connectivity index (χ0n) is 13.2. The number of carbonyl (C=O) groups is 1. The average Bonchev–Trinajstić information content (AvgIpc) is 2.98. The van der Waals surface area contributed by atoms with Crippen molar-refractivity contribution < 1.29 is 4.79 Å². The molecule has 0 aromatic carbocycles. The van der Waals surface area contributed by atoms with Crippen LogP contribution in [-0.2, 0) is 11.3 Å². The lowest BCUT2D eigenvalue weighted by Gasteiger charge is -2.38. The maximum atomic E-state index is 12.4. The van der Waals surface area contributed by atoms with Gasteiger partial charge in [-0.2, -0.15) is 0 Å². The molecule has 3 heterocycles. The molecule has 2 aromatic rings. The van der Waals surface area contributed by atoms with Crippen molar-refractivity contribution in [1.82, 2.24) is 19.8 Å². The first kappa shape index (κ1) is 17.9. The summed E-state index contributed by atoms with van der Waals surface area (Å²) in [7, 11) is 0. The summed E-state index contributed by atoms with van der Waals surface area (Å²) in [6.45, 7) is 6.06. The van der Waals surface area contributed by atoms with E-state index in [1.54, 1.807) is 6.07 Å². The number of fused-ring (bicyclic) bond motifs is 1. The smallest absolute Gasteiger partial charge is 0.262 e. The van der Waals surface area contributed by atoms with Crippen LogP contribution in [-0.4, -0.2) is 45.5 Å². The van der Waals surface area contributed by atoms with E-state index in [-0.39, 0.29) is 29.9 Å². The predicted octanol–water partition coefficient (Wildman–Crippen LogP) is 1.48. The summed E-state index contributed by atoms with van der Waals surface area (Å²) < 4.78 is 1.53. The fourth-order valence-corrected chi connectivity index (χ4v) is 3.54. The van der Waals surface area contributed by atoms with Gasteiger partial charge in [-0.15, -0.1) is 23.7 Å². The van der Waals surface area contributed by atoms with Gasteiger partial charge in [0.15, 0.2) is 0 Å². The third kappa shape index (κ3) is 3.57. The second-order valence-corrected chi connectivity index (χ2v) is 6.60. The molecular formula is C15H21ClN4O2S. The fourth-order valence-electron chi connectivity index (χ4n) is 2.82. The zero-order valence-corrected chi connectivity index (χ0v) is 14.8. The normalized spacial score (nSPS) is 21.2. The molecule has 0 saturated carbocycles. The number of aromatic nitrogens is 2. The van der Waals surface area contributed by atoms with Gasteiger partial charge in [-0.1, -0.05) is 0 Å². The Morgan fingerprint density at radius 3 is 3.04 bits per heavy atom. The third-order valence-corrected chi connectivity index (χ3v) is 5.19. The molecule has 0 radical (unpaired) electrons. The quantitative estimate of drug-likeness (QED) is 0.904. The van der Waals surface area contributed by atoms with Gasteiger partial charge >= 0.3 is 0 Å². The Bertz CT molecular complexity index is 744. The van der Waals surface area contributed by atoms with Crippen LogP contribution >= 0.6 is 23.7 Å². The lowest BCUT2D eigenvalue weighted by molar-refractivity contribution is -0.135. The van der Waals surface area contributed by atoms with E-state index in [1.807, 2.05) is 10.3 Å². The van der Waals surface area contributed by atoms with Gasteiger partial charge in [-0.3, -0.25) is 14.2 Å². The lowest BCUT2D eigenvalue weighted by atomic mass is 10.1. The number of rotatable bonds is 3. The Balaban J connectivity index is 0.00000192. The van der Waals surface area contributed by atoms with Crippen molar-refractivity contribution in [2.45, 2.75) is 38.9 Å². The monoisotopic (exact) mass is 356 g/mol. The van der Waals surface area contributed by atoms with E-state index in [4.69, 9.17) is 0 Å². The number of thiophene rings is 1. The van der Waals surface area contributed by atoms with Crippen LogP contribution in [0, 0.1) is 0 Å². The lowest BCUT2D eigenvalue weighted by Crippen LogP contribution is -2.57. The maximum Gasteiger partial charge on any atom is 0.262 e. The molecule has 1 fully saturated rings. The number of hydrogen-bond donors (Lipinski definition) is 1. The van der Waals surface area contributed by atoms with E-state index >= 15 is 0 Å². The molecule has 1 N–H and O–H groups in total. The van der Waals surface area contributed by atoms with E-state index in [0.717, 1.165) is 17.9 Å². The molecule has 2 aromatic heterocycles. The number of aryl methyl sites for hydroxylation is 1. The largest absolute Gasteiger partial charge is 0.337 e. The topological polar surface area (TPSA) is 67.2 Å². The molecule has 23 heavy (non-hydrogen) atoms. The highest BCUT2D eigenvalue weighted by molar-refractivity contribution is 7.16. The van der Waals surface area contributed by atoms with Gasteiger partial charge in [0.1, 0.15) is 4.83 Å². The van der Waals surface area contributed by atoms with Crippen LogP contribution in [0.5, 0.6) is 0 Å². The summed E-state index contributed by atoms with van der Waals surface area (Å²) >= 11 is 1.45. The summed E-state index contributed by atoms with van der Waals surface area (Å²) in [5, 5.41) is 5.85. The van der Waals surface area contributed by atoms with Crippen LogP contribution < -0.4 is 10.9 Å². The molecule has 0 spiro atoms. The molecule has 1 aliphatic heterocycles. The highest BCUT2D eigenvalue weighted by Gasteiger charge is 2.27. The summed E-state index contributed by atoms with van der Waals surface area (Å²) in [4.78, 5) is 31.6. The number of nitrogens with one attached hydrogen (secondary N) is 1. The second-order valence-electron chi connectivity index (χ2n) is 5.70. The SMILES string of the molecule is CC1NCCN(C(=O)CCn2cnc3sccc3c2=O)C1C.Cl. The number of nitrogens with zero attached hydrogens (tertiary/aromatic N) is 3. The van der Waals surface area contributed by atoms with Gasteiger partial charge < -0.3 is 10.2 Å². The van der Waals surface area contributed by atoms with Gasteiger partial charge in [0.2, 0.25) is 5.91 Å². The number of piperazine rings is 1. The molecule has 6 nitrogen and oxygen atoms in total. The predicted molar refractivity (Wildman–Crippen MR) is 94.4 cm³/mol. The minimum Gasteiger partial charge on any atom is -0.337 e. The molecule has 0 bridgehead atoms. The zero-order chi connectivity index (χ0) is 15.7. The van der Waals surface area contributed by atoms with E-state index in [1.165, 1.54) is 22.2 Å². The fraction of sp³-hybridized carbons (Fsp3) is 0.533. The maximum absolute atomic E-state index is 12.4. The van der Waals surface area contributed by atoms with Crippen molar-refractivity contribution in [3.8, 4) is 0 Å². The number of halogens is 1. The highest BCUT2D eigenvalue weighted by Crippen LogP contribution is 2.14. The van der Waals surface area contributed by atoms with Crippen molar-refractivity contribution in [3.63, 3.8) is 0 Å². The molecule has 3 rings (SSSR count). The van der Waals surface area contributed by atoms with Crippen LogP contribution in [0.25, 0.3) is 10.2 Å². The van der Waals surface area contributed by atoms with Crippen LogP contribution in [0.1, 0.15) is 20.3 Å². The highest BCUT2D eigenvalue weighted by atomic mass is 35.5. The van der Waals surface area contributed by atoms with Crippen LogP contribution in [0.15, 0.2) is 22.6 Å². The Hall–Kier alpha value is -1.44. The Morgan fingerprint density at radius 1 is 1.48 bits per heavy atom. The summed E-state index contributed by atoms with van der Waals surface area (Å²) in [6.07, 6.45) is 1.87. The van der Waals surface area contributed by atoms with Crippen LogP contribution in [0.4, 0.5) is 0 Å². The third-order valence-electron chi connectivity index (χ3n) is 4.37. The number of hydrogen-bond acceptors (Lipinski definition) is 5. The number of carbonyl (C=O) groups excluding carboxylic acids is 1. The second kappa shape index (κ2) is 7.42. The first-order valence-electron chi connectivity index (χ1n) is 7.53. The van der Waals surface area contributed by atoms with E-state index in [0.29, 0.717) is 24.4 Å². The molecular weight excluding hydrogens is 336 g/mol. The Morgan fingerprint density at radius 2 is 2.26 bits per heavy atom. The van der Waals surface area contributed by atoms with Crippen LogP contribution in [0.3, 0.4) is 0 Å². The summed E-state index contributed by atoms with van der Waals surface area (Å²) in [5.41, 5.74) is -0.0687. The molecule has 0 aliphatic carbocycles.